The number of anilines is 1. The van der Waals surface area contributed by atoms with Gasteiger partial charge < -0.3 is 24.7 Å². The van der Waals surface area contributed by atoms with Gasteiger partial charge in [0.2, 0.25) is 0 Å². The van der Waals surface area contributed by atoms with E-state index in [0.29, 0.717) is 23.6 Å². The molecule has 2 aliphatic rings. The summed E-state index contributed by atoms with van der Waals surface area (Å²) in [7, 11) is 0. The Balaban J connectivity index is 1.18. The SMILES string of the molecule is Nc1ncnc2c1c(-c1ccc3c(c1)OC(c1ccccc1)CC3)cn2C1CC(Cn2ccnc2CO)C1. The predicted octanol–water partition coefficient (Wildman–Crippen LogP) is 5.09. The summed E-state index contributed by atoms with van der Waals surface area (Å²) >= 11 is 0. The quantitative estimate of drug-likeness (QED) is 0.333. The Labute approximate surface area is 220 Å². The molecule has 1 aliphatic heterocycles. The number of nitrogens with zero attached hydrogens (tertiary/aromatic N) is 5. The normalized spacial score (nSPS) is 20.6. The van der Waals surface area contributed by atoms with Gasteiger partial charge in [-0.15, -0.1) is 0 Å². The minimum Gasteiger partial charge on any atom is -0.485 e. The van der Waals surface area contributed by atoms with Gasteiger partial charge in [-0.3, -0.25) is 0 Å². The van der Waals surface area contributed by atoms with Crippen molar-refractivity contribution in [3.63, 3.8) is 0 Å². The molecule has 2 aromatic carbocycles. The largest absolute Gasteiger partial charge is 0.485 e. The van der Waals surface area contributed by atoms with Crippen LogP contribution in [0.1, 0.15) is 48.4 Å². The van der Waals surface area contributed by atoms with Crippen LogP contribution >= 0.6 is 0 Å². The minimum atomic E-state index is -0.0401. The van der Waals surface area contributed by atoms with Crippen molar-refractivity contribution in [1.82, 2.24) is 24.1 Å². The number of aliphatic hydroxyl groups is 1. The molecule has 3 N–H and O–H groups in total. The van der Waals surface area contributed by atoms with Gasteiger partial charge in [0.1, 0.15) is 42.1 Å². The monoisotopic (exact) mass is 506 g/mol. The maximum absolute atomic E-state index is 9.52. The molecular formula is C30H30N6O2. The molecule has 1 saturated carbocycles. The zero-order valence-electron chi connectivity index (χ0n) is 21.1. The lowest BCUT2D eigenvalue weighted by Gasteiger charge is -2.37. The van der Waals surface area contributed by atoms with E-state index in [1.165, 1.54) is 11.1 Å². The number of aromatic nitrogens is 5. The minimum absolute atomic E-state index is 0.0401. The first kappa shape index (κ1) is 23.0. The maximum Gasteiger partial charge on any atom is 0.146 e. The highest BCUT2D eigenvalue weighted by molar-refractivity contribution is 6.00. The Morgan fingerprint density at radius 1 is 1.05 bits per heavy atom. The summed E-state index contributed by atoms with van der Waals surface area (Å²) in [6.45, 7) is 0.821. The molecular weight excluding hydrogens is 476 g/mol. The Bertz CT molecular complexity index is 1600. The molecule has 0 amide bonds. The van der Waals surface area contributed by atoms with E-state index in [1.807, 2.05) is 12.3 Å². The summed E-state index contributed by atoms with van der Waals surface area (Å²) in [6.07, 6.45) is 11.5. The zero-order valence-corrected chi connectivity index (χ0v) is 21.1. The third kappa shape index (κ3) is 3.92. The molecule has 5 aromatic rings. The summed E-state index contributed by atoms with van der Waals surface area (Å²) in [6, 6.07) is 17.3. The highest BCUT2D eigenvalue weighted by atomic mass is 16.5. The fraction of sp³-hybridized carbons (Fsp3) is 0.300. The average Bonchev–Trinajstić information content (AvgIpc) is 3.55. The Kier molecular flexibility index (Phi) is 5.62. The van der Waals surface area contributed by atoms with E-state index in [0.717, 1.165) is 60.1 Å². The number of nitrogen functional groups attached to an aromatic ring is 1. The number of rotatable bonds is 6. The first-order chi connectivity index (χ1) is 18.7. The molecule has 8 nitrogen and oxygen atoms in total. The van der Waals surface area contributed by atoms with Crippen LogP contribution in [-0.2, 0) is 19.6 Å². The van der Waals surface area contributed by atoms with E-state index < -0.39 is 0 Å². The second-order valence-electron chi connectivity index (χ2n) is 10.4. The van der Waals surface area contributed by atoms with Crippen LogP contribution in [0.2, 0.25) is 0 Å². The van der Waals surface area contributed by atoms with Crippen molar-refractivity contribution in [3.05, 3.63) is 90.4 Å². The van der Waals surface area contributed by atoms with Gasteiger partial charge in [-0.25, -0.2) is 15.0 Å². The van der Waals surface area contributed by atoms with Gasteiger partial charge in [0.15, 0.2) is 0 Å². The smallest absolute Gasteiger partial charge is 0.146 e. The average molecular weight is 507 g/mol. The van der Waals surface area contributed by atoms with Gasteiger partial charge in [-0.2, -0.15) is 0 Å². The van der Waals surface area contributed by atoms with E-state index >= 15 is 0 Å². The van der Waals surface area contributed by atoms with E-state index in [1.54, 1.807) is 12.5 Å². The molecule has 0 saturated heterocycles. The Morgan fingerprint density at radius 3 is 2.76 bits per heavy atom. The fourth-order valence-electron chi connectivity index (χ4n) is 6.06. The van der Waals surface area contributed by atoms with Gasteiger partial charge in [0.05, 0.1) is 5.39 Å². The number of nitrogens with two attached hydrogens (primary N) is 1. The van der Waals surface area contributed by atoms with Crippen molar-refractivity contribution in [3.8, 4) is 16.9 Å². The molecule has 38 heavy (non-hydrogen) atoms. The van der Waals surface area contributed by atoms with Crippen molar-refractivity contribution in [1.29, 1.82) is 0 Å². The number of ether oxygens (including phenoxy) is 1. The molecule has 1 fully saturated rings. The molecule has 0 spiro atoms. The van der Waals surface area contributed by atoms with Crippen molar-refractivity contribution in [2.45, 2.75) is 51.0 Å². The molecule has 0 radical (unpaired) electrons. The number of hydrogen-bond donors (Lipinski definition) is 2. The van der Waals surface area contributed by atoms with Crippen LogP contribution in [0.3, 0.4) is 0 Å². The lowest BCUT2D eigenvalue weighted by atomic mass is 9.80. The summed E-state index contributed by atoms with van der Waals surface area (Å²) in [5.74, 6) is 2.66. The van der Waals surface area contributed by atoms with Crippen LogP contribution in [0, 0.1) is 5.92 Å². The summed E-state index contributed by atoms with van der Waals surface area (Å²) < 4.78 is 10.8. The van der Waals surface area contributed by atoms with Crippen molar-refractivity contribution in [2.75, 3.05) is 5.73 Å². The van der Waals surface area contributed by atoms with Crippen LogP contribution in [0.5, 0.6) is 5.75 Å². The Hall–Kier alpha value is -4.17. The molecule has 0 bridgehead atoms. The third-order valence-electron chi connectivity index (χ3n) is 8.14. The lowest BCUT2D eigenvalue weighted by Crippen LogP contribution is -2.30. The lowest BCUT2D eigenvalue weighted by molar-refractivity contribution is 0.173. The van der Waals surface area contributed by atoms with E-state index in [-0.39, 0.29) is 12.7 Å². The Morgan fingerprint density at radius 2 is 1.92 bits per heavy atom. The summed E-state index contributed by atoms with van der Waals surface area (Å²) in [5, 5.41) is 10.4. The van der Waals surface area contributed by atoms with Crippen LogP contribution < -0.4 is 10.5 Å². The van der Waals surface area contributed by atoms with E-state index in [4.69, 9.17) is 10.5 Å². The highest BCUT2D eigenvalue weighted by Crippen LogP contribution is 2.45. The van der Waals surface area contributed by atoms with Crippen LogP contribution in [0.15, 0.2) is 73.4 Å². The van der Waals surface area contributed by atoms with Crippen LogP contribution in [0.4, 0.5) is 5.82 Å². The van der Waals surface area contributed by atoms with Gasteiger partial charge in [-0.1, -0.05) is 42.5 Å². The van der Waals surface area contributed by atoms with Gasteiger partial charge in [0.25, 0.3) is 0 Å². The van der Waals surface area contributed by atoms with Crippen molar-refractivity contribution < 1.29 is 9.84 Å². The van der Waals surface area contributed by atoms with Gasteiger partial charge >= 0.3 is 0 Å². The number of aliphatic hydroxyl groups excluding tert-OH is 1. The van der Waals surface area contributed by atoms with Crippen molar-refractivity contribution >= 4 is 16.9 Å². The summed E-state index contributed by atoms with van der Waals surface area (Å²) in [5.41, 5.74) is 11.8. The molecule has 3 aromatic heterocycles. The first-order valence-electron chi connectivity index (χ1n) is 13.2. The molecule has 1 atom stereocenters. The van der Waals surface area contributed by atoms with Gasteiger partial charge in [0, 0.05) is 36.7 Å². The van der Waals surface area contributed by atoms with Crippen LogP contribution in [-0.4, -0.2) is 29.2 Å². The third-order valence-corrected chi connectivity index (χ3v) is 8.14. The number of fused-ring (bicyclic) bond motifs is 2. The zero-order chi connectivity index (χ0) is 25.6. The number of hydrogen-bond acceptors (Lipinski definition) is 6. The maximum atomic E-state index is 9.52. The number of benzene rings is 2. The second-order valence-corrected chi connectivity index (χ2v) is 10.4. The molecule has 192 valence electrons. The van der Waals surface area contributed by atoms with Crippen LogP contribution in [0.25, 0.3) is 22.2 Å². The number of aryl methyl sites for hydroxylation is 1. The van der Waals surface area contributed by atoms with Crippen molar-refractivity contribution in [2.24, 2.45) is 5.92 Å². The van der Waals surface area contributed by atoms with Gasteiger partial charge in [-0.05, 0) is 54.4 Å². The number of imidazole rings is 1. The topological polar surface area (TPSA) is 104 Å². The second kappa shape index (κ2) is 9.29. The summed E-state index contributed by atoms with van der Waals surface area (Å²) in [4.78, 5) is 13.2. The molecule has 4 heterocycles. The van der Waals surface area contributed by atoms with E-state index in [9.17, 15) is 5.11 Å². The highest BCUT2D eigenvalue weighted by Gasteiger charge is 2.33. The standard InChI is InChI=1S/C30H30N6O2/c31-29-28-24(22-7-6-21-8-9-25(38-26(21)14-22)20-4-2-1-3-5-20)16-36(30(28)34-18-33-29)23-12-19(13-23)15-35-11-10-32-27(35)17-37/h1-7,10-11,14,16,18-19,23,25,37H,8-9,12-13,15,17H2,(H2,31,33,34). The first-order valence-corrected chi connectivity index (χ1v) is 13.2. The molecule has 7 rings (SSSR count). The molecule has 1 aliphatic carbocycles. The van der Waals surface area contributed by atoms with E-state index in [2.05, 4.69) is 72.7 Å². The molecule has 1 unspecified atom stereocenters. The fourth-order valence-corrected chi connectivity index (χ4v) is 6.06. The predicted molar refractivity (Wildman–Crippen MR) is 145 cm³/mol. The molecule has 8 heteroatoms.